The van der Waals surface area contributed by atoms with Crippen LogP contribution < -0.4 is 5.32 Å². The number of hydrogen-bond donors (Lipinski definition) is 1. The van der Waals surface area contributed by atoms with Crippen LogP contribution in [0.15, 0.2) is 42.7 Å². The highest BCUT2D eigenvalue weighted by atomic mass is 15.3. The molecule has 1 aromatic carbocycles. The van der Waals surface area contributed by atoms with Crippen LogP contribution in [0.25, 0.3) is 5.69 Å². The van der Waals surface area contributed by atoms with Gasteiger partial charge in [-0.3, -0.25) is 0 Å². The molecule has 2 aromatic rings. The molecule has 0 aliphatic rings. The monoisotopic (exact) mass is 257 g/mol. The second-order valence-corrected chi connectivity index (χ2v) is 5.04. The fourth-order valence-electron chi connectivity index (χ4n) is 2.22. The minimum Gasteiger partial charge on any atom is -0.383 e. The van der Waals surface area contributed by atoms with Crippen molar-refractivity contribution in [2.45, 2.75) is 45.6 Å². The SMILES string of the molecule is CCCCCC(C)Nc1cccc(-n2cccn2)c1. The molecule has 102 valence electrons. The molecule has 1 unspecified atom stereocenters. The van der Waals surface area contributed by atoms with Gasteiger partial charge in [-0.25, -0.2) is 4.68 Å². The summed E-state index contributed by atoms with van der Waals surface area (Å²) in [6.45, 7) is 4.49. The minimum absolute atomic E-state index is 0.513. The smallest absolute Gasteiger partial charge is 0.0666 e. The molecule has 0 bridgehead atoms. The molecule has 3 nitrogen and oxygen atoms in total. The van der Waals surface area contributed by atoms with Crippen LogP contribution >= 0.6 is 0 Å². The van der Waals surface area contributed by atoms with E-state index in [1.165, 1.54) is 25.7 Å². The summed E-state index contributed by atoms with van der Waals surface area (Å²) in [5, 5.41) is 7.82. The zero-order valence-electron chi connectivity index (χ0n) is 11.8. The Labute approximate surface area is 115 Å². The highest BCUT2D eigenvalue weighted by Crippen LogP contribution is 2.16. The van der Waals surface area contributed by atoms with Gasteiger partial charge in [-0.2, -0.15) is 5.10 Å². The average Bonchev–Trinajstić information content (AvgIpc) is 2.93. The van der Waals surface area contributed by atoms with Gasteiger partial charge in [-0.1, -0.05) is 32.3 Å². The summed E-state index contributed by atoms with van der Waals surface area (Å²) in [6.07, 6.45) is 8.88. The first-order chi connectivity index (χ1) is 9.29. The summed E-state index contributed by atoms with van der Waals surface area (Å²) < 4.78 is 1.88. The summed E-state index contributed by atoms with van der Waals surface area (Å²) in [6, 6.07) is 10.8. The number of benzene rings is 1. The van der Waals surface area contributed by atoms with Crippen molar-refractivity contribution in [2.24, 2.45) is 0 Å². The van der Waals surface area contributed by atoms with E-state index in [4.69, 9.17) is 0 Å². The fourth-order valence-corrected chi connectivity index (χ4v) is 2.22. The van der Waals surface area contributed by atoms with Crippen molar-refractivity contribution >= 4 is 5.69 Å². The zero-order valence-corrected chi connectivity index (χ0v) is 11.8. The van der Waals surface area contributed by atoms with Gasteiger partial charge in [0.1, 0.15) is 0 Å². The maximum Gasteiger partial charge on any atom is 0.0666 e. The first-order valence-electron chi connectivity index (χ1n) is 7.16. The number of nitrogens with zero attached hydrogens (tertiary/aromatic N) is 2. The number of rotatable bonds is 7. The van der Waals surface area contributed by atoms with Crippen molar-refractivity contribution < 1.29 is 0 Å². The van der Waals surface area contributed by atoms with Crippen molar-refractivity contribution in [3.05, 3.63) is 42.7 Å². The van der Waals surface area contributed by atoms with E-state index in [1.807, 2.05) is 16.9 Å². The predicted octanol–water partition coefficient (Wildman–Crippen LogP) is 4.25. The van der Waals surface area contributed by atoms with E-state index in [0.29, 0.717) is 6.04 Å². The summed E-state index contributed by atoms with van der Waals surface area (Å²) in [4.78, 5) is 0. The van der Waals surface area contributed by atoms with E-state index in [-0.39, 0.29) is 0 Å². The lowest BCUT2D eigenvalue weighted by Crippen LogP contribution is -2.15. The van der Waals surface area contributed by atoms with Crippen LogP contribution in [0, 0.1) is 0 Å². The first-order valence-corrected chi connectivity index (χ1v) is 7.16. The summed E-state index contributed by atoms with van der Waals surface area (Å²) in [5.41, 5.74) is 2.26. The Morgan fingerprint density at radius 2 is 2.16 bits per heavy atom. The highest BCUT2D eigenvalue weighted by Gasteiger charge is 2.03. The number of nitrogens with one attached hydrogen (secondary N) is 1. The number of unbranched alkanes of at least 4 members (excludes halogenated alkanes) is 2. The standard InChI is InChI=1S/C16H23N3/c1-3-4-5-8-14(2)18-15-9-6-10-16(13-15)19-12-7-11-17-19/h6-7,9-14,18H,3-5,8H2,1-2H3. The Morgan fingerprint density at radius 3 is 2.89 bits per heavy atom. The van der Waals surface area contributed by atoms with E-state index in [1.54, 1.807) is 6.20 Å². The largest absolute Gasteiger partial charge is 0.383 e. The zero-order chi connectivity index (χ0) is 13.5. The Morgan fingerprint density at radius 1 is 1.26 bits per heavy atom. The topological polar surface area (TPSA) is 29.9 Å². The number of hydrogen-bond acceptors (Lipinski definition) is 2. The van der Waals surface area contributed by atoms with Crippen LogP contribution in [0.2, 0.25) is 0 Å². The summed E-state index contributed by atoms with van der Waals surface area (Å²) in [5.74, 6) is 0. The van der Waals surface area contributed by atoms with Crippen LogP contribution in [-0.2, 0) is 0 Å². The molecular formula is C16H23N3. The number of aromatic nitrogens is 2. The van der Waals surface area contributed by atoms with Gasteiger partial charge in [0.2, 0.25) is 0 Å². The first kappa shape index (κ1) is 13.7. The maximum atomic E-state index is 4.26. The van der Waals surface area contributed by atoms with Crippen molar-refractivity contribution in [1.82, 2.24) is 9.78 Å². The molecule has 0 spiro atoms. The van der Waals surface area contributed by atoms with Crippen molar-refractivity contribution in [1.29, 1.82) is 0 Å². The van der Waals surface area contributed by atoms with Crippen LogP contribution in [-0.4, -0.2) is 15.8 Å². The molecular weight excluding hydrogens is 234 g/mol. The highest BCUT2D eigenvalue weighted by molar-refractivity contribution is 5.51. The Balaban J connectivity index is 1.95. The van der Waals surface area contributed by atoms with Gasteiger partial charge >= 0.3 is 0 Å². The van der Waals surface area contributed by atoms with Gasteiger partial charge in [-0.05, 0) is 37.6 Å². The molecule has 0 fully saturated rings. The minimum atomic E-state index is 0.513. The third-order valence-corrected chi connectivity index (χ3v) is 3.27. The van der Waals surface area contributed by atoms with Gasteiger partial charge in [0.05, 0.1) is 5.69 Å². The van der Waals surface area contributed by atoms with Gasteiger partial charge < -0.3 is 5.32 Å². The average molecular weight is 257 g/mol. The second kappa shape index (κ2) is 6.98. The third-order valence-electron chi connectivity index (χ3n) is 3.27. The number of anilines is 1. The van der Waals surface area contributed by atoms with Crippen LogP contribution in [0.4, 0.5) is 5.69 Å². The van der Waals surface area contributed by atoms with Gasteiger partial charge in [-0.15, -0.1) is 0 Å². The molecule has 0 aliphatic carbocycles. The van der Waals surface area contributed by atoms with Gasteiger partial charge in [0.25, 0.3) is 0 Å². The lowest BCUT2D eigenvalue weighted by molar-refractivity contribution is 0.615. The van der Waals surface area contributed by atoms with Crippen LogP contribution in [0.3, 0.4) is 0 Å². The molecule has 0 aliphatic heterocycles. The van der Waals surface area contributed by atoms with Crippen LogP contribution in [0.5, 0.6) is 0 Å². The van der Waals surface area contributed by atoms with Crippen molar-refractivity contribution in [3.8, 4) is 5.69 Å². The van der Waals surface area contributed by atoms with Crippen molar-refractivity contribution in [2.75, 3.05) is 5.32 Å². The molecule has 19 heavy (non-hydrogen) atoms. The maximum absolute atomic E-state index is 4.26. The Bertz CT molecular complexity index is 476. The van der Waals surface area contributed by atoms with E-state index in [0.717, 1.165) is 11.4 Å². The Hall–Kier alpha value is -1.77. The second-order valence-electron chi connectivity index (χ2n) is 5.04. The summed E-state index contributed by atoms with van der Waals surface area (Å²) >= 11 is 0. The van der Waals surface area contributed by atoms with E-state index >= 15 is 0 Å². The molecule has 0 saturated heterocycles. The van der Waals surface area contributed by atoms with Gasteiger partial charge in [0, 0.05) is 24.1 Å². The van der Waals surface area contributed by atoms with Crippen molar-refractivity contribution in [3.63, 3.8) is 0 Å². The third kappa shape index (κ3) is 4.12. The lowest BCUT2D eigenvalue weighted by Gasteiger charge is -2.15. The quantitative estimate of drug-likeness (QED) is 0.751. The molecule has 0 amide bonds. The van der Waals surface area contributed by atoms with E-state index in [9.17, 15) is 0 Å². The van der Waals surface area contributed by atoms with E-state index < -0.39 is 0 Å². The molecule has 1 N–H and O–H groups in total. The van der Waals surface area contributed by atoms with Gasteiger partial charge in [0.15, 0.2) is 0 Å². The predicted molar refractivity (Wildman–Crippen MR) is 80.8 cm³/mol. The fraction of sp³-hybridized carbons (Fsp3) is 0.438. The molecule has 2 rings (SSSR count). The molecule has 3 heteroatoms. The van der Waals surface area contributed by atoms with E-state index in [2.05, 4.69) is 48.5 Å². The summed E-state index contributed by atoms with van der Waals surface area (Å²) in [7, 11) is 0. The van der Waals surface area contributed by atoms with Crippen LogP contribution in [0.1, 0.15) is 39.5 Å². The normalized spacial score (nSPS) is 12.3. The lowest BCUT2D eigenvalue weighted by atomic mass is 10.1. The molecule has 1 heterocycles. The molecule has 1 aromatic heterocycles. The molecule has 1 atom stereocenters. The molecule has 0 radical (unpaired) electrons. The molecule has 0 saturated carbocycles. The Kier molecular flexibility index (Phi) is 5.01.